The van der Waals surface area contributed by atoms with Crippen LogP contribution in [-0.2, 0) is 27.9 Å². The first-order valence-electron chi connectivity index (χ1n) is 9.12. The molecule has 10 heteroatoms. The molecular formula is C19H22F2N4O3S. The third-order valence-electron chi connectivity index (χ3n) is 4.52. The van der Waals surface area contributed by atoms with E-state index in [4.69, 9.17) is 0 Å². The van der Waals surface area contributed by atoms with Gasteiger partial charge in [0, 0.05) is 31.9 Å². The standard InChI is InChI=1S/C19H22F2N4O3S/c1-2-24-11-10-22-17(24)4-3-5-18(26)23-12-15-6-8-16(9-7-15)29(27,28)25-13-19(20,21)14-25/h3-4,6-11H,2,5,12-14H2,1H3,(H,23,26)/b4-3-. The van der Waals surface area contributed by atoms with Gasteiger partial charge < -0.3 is 9.88 Å². The summed E-state index contributed by atoms with van der Waals surface area (Å²) in [7, 11) is -3.91. The molecule has 7 nitrogen and oxygen atoms in total. The van der Waals surface area contributed by atoms with E-state index in [1.54, 1.807) is 30.5 Å². The fourth-order valence-electron chi connectivity index (χ4n) is 2.86. The minimum atomic E-state index is -3.91. The van der Waals surface area contributed by atoms with Crippen LogP contribution in [0.3, 0.4) is 0 Å². The summed E-state index contributed by atoms with van der Waals surface area (Å²) < 4.78 is 53.0. The van der Waals surface area contributed by atoms with Gasteiger partial charge in [-0.25, -0.2) is 22.2 Å². The highest BCUT2D eigenvalue weighted by atomic mass is 32.2. The Bertz CT molecular complexity index is 993. The molecule has 0 unspecified atom stereocenters. The number of carbonyl (C=O) groups is 1. The summed E-state index contributed by atoms with van der Waals surface area (Å²) in [5.41, 5.74) is 0.705. The number of nitrogens with one attached hydrogen (secondary N) is 1. The van der Waals surface area contributed by atoms with E-state index in [1.807, 2.05) is 17.7 Å². The molecule has 1 aliphatic rings. The molecule has 1 aromatic heterocycles. The molecule has 1 fully saturated rings. The zero-order valence-electron chi connectivity index (χ0n) is 15.9. The summed E-state index contributed by atoms with van der Waals surface area (Å²) in [6.07, 6.45) is 7.24. The number of nitrogens with zero attached hydrogens (tertiary/aromatic N) is 3. The van der Waals surface area contributed by atoms with Gasteiger partial charge in [-0.3, -0.25) is 4.79 Å². The van der Waals surface area contributed by atoms with E-state index in [0.29, 0.717) is 5.56 Å². The lowest BCUT2D eigenvalue weighted by Crippen LogP contribution is -2.58. The van der Waals surface area contributed by atoms with Crippen molar-refractivity contribution in [3.63, 3.8) is 0 Å². The number of aromatic nitrogens is 2. The van der Waals surface area contributed by atoms with Crippen molar-refractivity contribution in [2.45, 2.75) is 37.3 Å². The Morgan fingerprint density at radius 2 is 1.97 bits per heavy atom. The van der Waals surface area contributed by atoms with Gasteiger partial charge in [0.1, 0.15) is 5.82 Å². The molecule has 3 rings (SSSR count). The van der Waals surface area contributed by atoms with E-state index in [-0.39, 0.29) is 23.8 Å². The molecule has 1 aliphatic heterocycles. The molecule has 0 atom stereocenters. The van der Waals surface area contributed by atoms with Crippen LogP contribution in [-0.4, -0.2) is 47.2 Å². The van der Waals surface area contributed by atoms with Crippen molar-refractivity contribution in [3.05, 3.63) is 54.1 Å². The average Bonchev–Trinajstić information content (AvgIpc) is 3.12. The zero-order chi connectivity index (χ0) is 21.1. The van der Waals surface area contributed by atoms with Crippen molar-refractivity contribution in [2.75, 3.05) is 13.1 Å². The minimum absolute atomic E-state index is 0.0440. The predicted molar refractivity (Wildman–Crippen MR) is 104 cm³/mol. The number of alkyl halides is 2. The summed E-state index contributed by atoms with van der Waals surface area (Å²) in [4.78, 5) is 16.1. The number of carbonyl (C=O) groups excluding carboxylic acids is 1. The molecule has 2 heterocycles. The van der Waals surface area contributed by atoms with E-state index < -0.39 is 29.0 Å². The molecule has 0 saturated carbocycles. The maximum absolute atomic E-state index is 12.9. The maximum Gasteiger partial charge on any atom is 0.275 e. The van der Waals surface area contributed by atoms with Crippen LogP contribution < -0.4 is 5.32 Å². The second-order valence-electron chi connectivity index (χ2n) is 6.73. The van der Waals surface area contributed by atoms with Crippen molar-refractivity contribution in [1.82, 2.24) is 19.2 Å². The normalized spacial score (nSPS) is 16.7. The van der Waals surface area contributed by atoms with Gasteiger partial charge >= 0.3 is 0 Å². The molecular weight excluding hydrogens is 402 g/mol. The van der Waals surface area contributed by atoms with E-state index >= 15 is 0 Å². The summed E-state index contributed by atoms with van der Waals surface area (Å²) in [5, 5.41) is 2.75. The summed E-state index contributed by atoms with van der Waals surface area (Å²) >= 11 is 0. The predicted octanol–water partition coefficient (Wildman–Crippen LogP) is 2.26. The SMILES string of the molecule is CCn1ccnc1/C=C\CC(=O)NCc1ccc(S(=O)(=O)N2CC(F)(F)C2)cc1. The zero-order valence-corrected chi connectivity index (χ0v) is 16.7. The fourth-order valence-corrected chi connectivity index (χ4v) is 4.35. The molecule has 156 valence electrons. The van der Waals surface area contributed by atoms with Gasteiger partial charge in [-0.05, 0) is 30.7 Å². The Labute approximate surface area is 168 Å². The van der Waals surface area contributed by atoms with E-state index in [2.05, 4.69) is 10.3 Å². The van der Waals surface area contributed by atoms with E-state index in [1.165, 1.54) is 12.1 Å². The van der Waals surface area contributed by atoms with Gasteiger partial charge in [0.2, 0.25) is 15.9 Å². The second kappa shape index (κ2) is 8.42. The number of amides is 1. The van der Waals surface area contributed by atoms with Crippen LogP contribution >= 0.6 is 0 Å². The summed E-state index contributed by atoms with van der Waals surface area (Å²) in [5.74, 6) is -2.37. The van der Waals surface area contributed by atoms with E-state index in [0.717, 1.165) is 16.7 Å². The van der Waals surface area contributed by atoms with Crippen molar-refractivity contribution < 1.29 is 22.0 Å². The third kappa shape index (κ3) is 5.07. The Balaban J connectivity index is 1.49. The van der Waals surface area contributed by atoms with Crippen LogP contribution in [0.1, 0.15) is 24.7 Å². The molecule has 0 radical (unpaired) electrons. The van der Waals surface area contributed by atoms with Crippen LogP contribution in [0.25, 0.3) is 6.08 Å². The van der Waals surface area contributed by atoms with Crippen LogP contribution in [0.4, 0.5) is 8.78 Å². The van der Waals surface area contributed by atoms with Gasteiger partial charge in [0.25, 0.3) is 5.92 Å². The first-order valence-corrected chi connectivity index (χ1v) is 10.6. The molecule has 0 aliphatic carbocycles. The second-order valence-corrected chi connectivity index (χ2v) is 8.67. The highest BCUT2D eigenvalue weighted by molar-refractivity contribution is 7.89. The monoisotopic (exact) mass is 424 g/mol. The van der Waals surface area contributed by atoms with Crippen molar-refractivity contribution in [1.29, 1.82) is 0 Å². The molecule has 2 aromatic rings. The minimum Gasteiger partial charge on any atom is -0.352 e. The lowest BCUT2D eigenvalue weighted by atomic mass is 10.2. The molecule has 1 amide bonds. The molecule has 29 heavy (non-hydrogen) atoms. The topological polar surface area (TPSA) is 84.3 Å². The van der Waals surface area contributed by atoms with Crippen LogP contribution in [0.5, 0.6) is 0 Å². The van der Waals surface area contributed by atoms with Gasteiger partial charge in [0.05, 0.1) is 18.0 Å². The van der Waals surface area contributed by atoms with E-state index in [9.17, 15) is 22.0 Å². The van der Waals surface area contributed by atoms with Crippen LogP contribution in [0, 0.1) is 0 Å². The van der Waals surface area contributed by atoms with Gasteiger partial charge in [-0.15, -0.1) is 0 Å². The third-order valence-corrected chi connectivity index (χ3v) is 6.33. The quantitative estimate of drug-likeness (QED) is 0.705. The molecule has 1 aromatic carbocycles. The summed E-state index contributed by atoms with van der Waals surface area (Å²) in [6, 6.07) is 5.83. The van der Waals surface area contributed by atoms with Crippen LogP contribution in [0.2, 0.25) is 0 Å². The smallest absolute Gasteiger partial charge is 0.275 e. The summed E-state index contributed by atoms with van der Waals surface area (Å²) in [6.45, 7) is 1.44. The van der Waals surface area contributed by atoms with Gasteiger partial charge in [-0.1, -0.05) is 18.2 Å². The Morgan fingerprint density at radius 3 is 2.59 bits per heavy atom. The number of imidazole rings is 1. The van der Waals surface area contributed by atoms with Crippen molar-refractivity contribution >= 4 is 22.0 Å². The first-order chi connectivity index (χ1) is 13.7. The molecule has 1 N–H and O–H groups in total. The fraction of sp³-hybridized carbons (Fsp3) is 0.368. The Hall–Kier alpha value is -2.59. The number of benzene rings is 1. The highest BCUT2D eigenvalue weighted by Crippen LogP contribution is 2.32. The first kappa shape index (κ1) is 21.1. The molecule has 0 spiro atoms. The lowest BCUT2D eigenvalue weighted by molar-refractivity contribution is -0.120. The van der Waals surface area contributed by atoms with Gasteiger partial charge in [-0.2, -0.15) is 4.31 Å². The number of aryl methyl sites for hydroxylation is 1. The van der Waals surface area contributed by atoms with Crippen molar-refractivity contribution in [2.24, 2.45) is 0 Å². The average molecular weight is 424 g/mol. The van der Waals surface area contributed by atoms with Crippen molar-refractivity contribution in [3.8, 4) is 0 Å². The number of sulfonamides is 1. The van der Waals surface area contributed by atoms with Gasteiger partial charge in [0.15, 0.2) is 0 Å². The number of halogens is 2. The molecule has 1 saturated heterocycles. The highest BCUT2D eigenvalue weighted by Gasteiger charge is 2.49. The Morgan fingerprint density at radius 1 is 1.28 bits per heavy atom. The lowest BCUT2D eigenvalue weighted by Gasteiger charge is -2.37. The number of hydrogen-bond donors (Lipinski definition) is 1. The number of rotatable bonds is 8. The Kier molecular flexibility index (Phi) is 6.13. The largest absolute Gasteiger partial charge is 0.352 e. The number of hydrogen-bond acceptors (Lipinski definition) is 4. The maximum atomic E-state index is 12.9. The van der Waals surface area contributed by atoms with Crippen LogP contribution in [0.15, 0.2) is 47.6 Å². The molecule has 0 bridgehead atoms.